The molecule has 1 amide bonds. The summed E-state index contributed by atoms with van der Waals surface area (Å²) in [5.74, 6) is -0.358. The molecular formula is C18H18BrClN2O5S. The molecular weight excluding hydrogens is 472 g/mol. The second kappa shape index (κ2) is 8.69. The SMILES string of the molecule is O=C(COc1ccc(Cl)cc1Br)Nc1cc(S(=O)(=O)N2CCCC2)ccc1O. The summed E-state index contributed by atoms with van der Waals surface area (Å²) in [5.41, 5.74) is 0.00374. The van der Waals surface area contributed by atoms with Crippen LogP contribution in [0.15, 0.2) is 45.8 Å². The molecule has 2 aromatic carbocycles. The van der Waals surface area contributed by atoms with Crippen LogP contribution in [0.4, 0.5) is 5.69 Å². The number of halogens is 2. The number of hydrogen-bond donors (Lipinski definition) is 2. The van der Waals surface area contributed by atoms with Crippen LogP contribution in [0.2, 0.25) is 5.02 Å². The van der Waals surface area contributed by atoms with Crippen molar-refractivity contribution in [3.8, 4) is 11.5 Å². The maximum atomic E-state index is 12.7. The topological polar surface area (TPSA) is 95.9 Å². The molecule has 10 heteroatoms. The molecule has 28 heavy (non-hydrogen) atoms. The number of benzene rings is 2. The first-order chi connectivity index (χ1) is 13.3. The van der Waals surface area contributed by atoms with Gasteiger partial charge >= 0.3 is 0 Å². The molecule has 1 saturated heterocycles. The highest BCUT2D eigenvalue weighted by molar-refractivity contribution is 9.10. The first-order valence-corrected chi connectivity index (χ1v) is 11.1. The Labute approximate surface area is 176 Å². The normalized spacial score (nSPS) is 14.8. The van der Waals surface area contributed by atoms with Crippen LogP contribution < -0.4 is 10.1 Å². The Morgan fingerprint density at radius 1 is 1.21 bits per heavy atom. The van der Waals surface area contributed by atoms with Crippen molar-refractivity contribution in [3.63, 3.8) is 0 Å². The molecule has 1 heterocycles. The molecule has 2 aromatic rings. The van der Waals surface area contributed by atoms with E-state index < -0.39 is 15.9 Å². The number of ether oxygens (including phenoxy) is 1. The van der Waals surface area contributed by atoms with Crippen molar-refractivity contribution >= 4 is 49.1 Å². The van der Waals surface area contributed by atoms with Gasteiger partial charge in [-0.3, -0.25) is 4.79 Å². The fourth-order valence-corrected chi connectivity index (χ4v) is 5.12. The Balaban J connectivity index is 1.70. The number of sulfonamides is 1. The summed E-state index contributed by atoms with van der Waals surface area (Å²) in [6, 6.07) is 8.68. The molecule has 0 unspecified atom stereocenters. The number of aromatic hydroxyl groups is 1. The highest BCUT2D eigenvalue weighted by Crippen LogP contribution is 2.30. The van der Waals surface area contributed by atoms with Gasteiger partial charge in [-0.25, -0.2) is 8.42 Å². The summed E-state index contributed by atoms with van der Waals surface area (Å²) in [4.78, 5) is 12.2. The van der Waals surface area contributed by atoms with Crippen LogP contribution in [0.1, 0.15) is 12.8 Å². The molecule has 0 aromatic heterocycles. The molecule has 150 valence electrons. The van der Waals surface area contributed by atoms with Crippen LogP contribution in [-0.4, -0.2) is 43.4 Å². The van der Waals surface area contributed by atoms with Gasteiger partial charge in [0.05, 0.1) is 15.1 Å². The second-order valence-corrected chi connectivity index (χ2v) is 9.43. The molecule has 0 atom stereocenters. The van der Waals surface area contributed by atoms with Gasteiger partial charge in [-0.2, -0.15) is 4.31 Å². The number of phenols is 1. The number of rotatable bonds is 6. The lowest BCUT2D eigenvalue weighted by Crippen LogP contribution is -2.28. The summed E-state index contributed by atoms with van der Waals surface area (Å²) in [5, 5.41) is 13.0. The Bertz CT molecular complexity index is 993. The van der Waals surface area contributed by atoms with Crippen molar-refractivity contribution < 1.29 is 23.1 Å². The Morgan fingerprint density at radius 3 is 2.61 bits per heavy atom. The van der Waals surface area contributed by atoms with Crippen molar-refractivity contribution in [3.05, 3.63) is 45.9 Å². The largest absolute Gasteiger partial charge is 0.506 e. The average Bonchev–Trinajstić information content (AvgIpc) is 3.18. The van der Waals surface area contributed by atoms with Crippen LogP contribution in [0.5, 0.6) is 11.5 Å². The van der Waals surface area contributed by atoms with Crippen molar-refractivity contribution in [1.29, 1.82) is 0 Å². The predicted octanol–water partition coefficient (Wildman–Crippen LogP) is 3.61. The third kappa shape index (κ3) is 4.78. The molecule has 0 aliphatic carbocycles. The molecule has 1 aliphatic heterocycles. The Morgan fingerprint density at radius 2 is 1.93 bits per heavy atom. The molecule has 0 spiro atoms. The van der Waals surface area contributed by atoms with E-state index in [1.165, 1.54) is 22.5 Å². The molecule has 0 saturated carbocycles. The number of carbonyl (C=O) groups excluding carboxylic acids is 1. The van der Waals surface area contributed by atoms with Crippen LogP contribution >= 0.6 is 27.5 Å². The highest BCUT2D eigenvalue weighted by Gasteiger charge is 2.28. The lowest BCUT2D eigenvalue weighted by molar-refractivity contribution is -0.118. The van der Waals surface area contributed by atoms with Crippen LogP contribution in [0, 0.1) is 0 Å². The number of hydrogen-bond acceptors (Lipinski definition) is 5. The minimum absolute atomic E-state index is 0.00374. The predicted molar refractivity (Wildman–Crippen MR) is 109 cm³/mol. The molecule has 3 rings (SSSR count). The van der Waals surface area contributed by atoms with Crippen LogP contribution in [0.25, 0.3) is 0 Å². The van der Waals surface area contributed by atoms with E-state index in [1.807, 2.05) is 0 Å². The van der Waals surface area contributed by atoms with E-state index in [-0.39, 0.29) is 22.9 Å². The number of nitrogens with one attached hydrogen (secondary N) is 1. The first kappa shape index (κ1) is 20.9. The average molecular weight is 490 g/mol. The smallest absolute Gasteiger partial charge is 0.262 e. The molecule has 7 nitrogen and oxygen atoms in total. The summed E-state index contributed by atoms with van der Waals surface area (Å²) in [7, 11) is -3.66. The Hall–Kier alpha value is -1.81. The van der Waals surface area contributed by atoms with Gasteiger partial charge in [0.25, 0.3) is 5.91 Å². The van der Waals surface area contributed by atoms with E-state index >= 15 is 0 Å². The van der Waals surface area contributed by atoms with Gasteiger partial charge in [0.2, 0.25) is 10.0 Å². The van der Waals surface area contributed by atoms with Crippen molar-refractivity contribution in [1.82, 2.24) is 4.31 Å². The first-order valence-electron chi connectivity index (χ1n) is 8.48. The standard InChI is InChI=1S/C18H18BrClN2O5S/c19-14-9-12(20)3-6-17(14)27-11-18(24)21-15-10-13(4-5-16(15)23)28(25,26)22-7-1-2-8-22/h3-6,9-10,23H,1-2,7-8,11H2,(H,21,24). The van der Waals surface area contributed by atoms with E-state index in [0.29, 0.717) is 28.3 Å². The molecule has 0 bridgehead atoms. The van der Waals surface area contributed by atoms with Gasteiger partial charge in [0, 0.05) is 18.1 Å². The van der Waals surface area contributed by atoms with Crippen LogP contribution in [0.3, 0.4) is 0 Å². The quantitative estimate of drug-likeness (QED) is 0.604. The van der Waals surface area contributed by atoms with Crippen molar-refractivity contribution in [2.24, 2.45) is 0 Å². The van der Waals surface area contributed by atoms with Gasteiger partial charge < -0.3 is 15.2 Å². The summed E-state index contributed by atoms with van der Waals surface area (Å²) in [6.45, 7) is 0.603. The van der Waals surface area contributed by atoms with Gasteiger partial charge in [0.1, 0.15) is 11.5 Å². The minimum Gasteiger partial charge on any atom is -0.506 e. The number of anilines is 1. The number of carbonyl (C=O) groups is 1. The molecule has 1 aliphatic rings. The summed E-state index contributed by atoms with van der Waals surface area (Å²) in [6.07, 6.45) is 1.64. The summed E-state index contributed by atoms with van der Waals surface area (Å²) < 4.78 is 32.7. The van der Waals surface area contributed by atoms with E-state index in [2.05, 4.69) is 21.2 Å². The van der Waals surface area contributed by atoms with E-state index in [4.69, 9.17) is 16.3 Å². The molecule has 1 fully saturated rings. The number of nitrogens with zero attached hydrogens (tertiary/aromatic N) is 1. The lowest BCUT2D eigenvalue weighted by Gasteiger charge is -2.17. The maximum absolute atomic E-state index is 12.7. The zero-order chi connectivity index (χ0) is 20.3. The van der Waals surface area contributed by atoms with Crippen LogP contribution in [-0.2, 0) is 14.8 Å². The second-order valence-electron chi connectivity index (χ2n) is 6.20. The van der Waals surface area contributed by atoms with Gasteiger partial charge in [0.15, 0.2) is 6.61 Å². The zero-order valence-electron chi connectivity index (χ0n) is 14.7. The van der Waals surface area contributed by atoms with E-state index in [9.17, 15) is 18.3 Å². The Kier molecular flexibility index (Phi) is 6.49. The molecule has 0 radical (unpaired) electrons. The fraction of sp³-hybridized carbons (Fsp3) is 0.278. The third-order valence-corrected chi connectivity index (χ3v) is 6.95. The number of amides is 1. The van der Waals surface area contributed by atoms with E-state index in [1.54, 1.807) is 18.2 Å². The fourth-order valence-electron chi connectivity index (χ4n) is 2.78. The molecule has 2 N–H and O–H groups in total. The van der Waals surface area contributed by atoms with E-state index in [0.717, 1.165) is 12.8 Å². The number of phenolic OH excluding ortho intramolecular Hbond substituents is 1. The lowest BCUT2D eigenvalue weighted by atomic mass is 10.3. The summed E-state index contributed by atoms with van der Waals surface area (Å²) >= 11 is 9.14. The monoisotopic (exact) mass is 488 g/mol. The maximum Gasteiger partial charge on any atom is 0.262 e. The highest BCUT2D eigenvalue weighted by atomic mass is 79.9. The van der Waals surface area contributed by atoms with Crippen molar-refractivity contribution in [2.75, 3.05) is 25.0 Å². The van der Waals surface area contributed by atoms with Gasteiger partial charge in [-0.15, -0.1) is 0 Å². The third-order valence-electron chi connectivity index (χ3n) is 4.20. The minimum atomic E-state index is -3.66. The van der Waals surface area contributed by atoms with Gasteiger partial charge in [-0.05, 0) is 65.2 Å². The zero-order valence-corrected chi connectivity index (χ0v) is 17.8. The van der Waals surface area contributed by atoms with Crippen molar-refractivity contribution in [2.45, 2.75) is 17.7 Å². The van der Waals surface area contributed by atoms with Gasteiger partial charge in [-0.1, -0.05) is 11.6 Å².